The molecule has 9 nitrogen and oxygen atoms in total. The van der Waals surface area contributed by atoms with Crippen LogP contribution in [0.2, 0.25) is 0 Å². The zero-order chi connectivity index (χ0) is 33.9. The molecule has 1 saturated heterocycles. The molecule has 2 aliphatic rings. The molecule has 4 aromatic rings. The maximum absolute atomic E-state index is 14.3. The minimum atomic E-state index is -1.05. The fraction of sp³-hybridized carbons (Fsp3) is 0.333. The third kappa shape index (κ3) is 6.91. The molecule has 0 spiro atoms. The summed E-state index contributed by atoms with van der Waals surface area (Å²) in [5.74, 6) is 0.132. The van der Waals surface area contributed by atoms with E-state index in [1.807, 2.05) is 13.8 Å². The van der Waals surface area contributed by atoms with E-state index in [1.165, 1.54) is 22.7 Å². The van der Waals surface area contributed by atoms with Crippen LogP contribution < -0.4 is 19.1 Å². The van der Waals surface area contributed by atoms with Crippen molar-refractivity contribution in [3.8, 4) is 17.2 Å². The Morgan fingerprint density at radius 3 is 2.69 bits per heavy atom. The average molecular weight is 690 g/mol. The van der Waals surface area contributed by atoms with Crippen LogP contribution in [0.1, 0.15) is 62.4 Å². The van der Waals surface area contributed by atoms with E-state index in [9.17, 15) is 19.1 Å². The minimum Gasteiger partial charge on any atom is -0.507 e. The largest absolute Gasteiger partial charge is 0.507 e. The van der Waals surface area contributed by atoms with Crippen molar-refractivity contribution in [2.45, 2.75) is 62.8 Å². The van der Waals surface area contributed by atoms with E-state index in [4.69, 9.17) is 14.2 Å². The molecule has 1 fully saturated rings. The Morgan fingerprint density at radius 2 is 1.92 bits per heavy atom. The lowest BCUT2D eigenvalue weighted by molar-refractivity contribution is -0.132. The maximum atomic E-state index is 14.3. The summed E-state index contributed by atoms with van der Waals surface area (Å²) in [6.45, 7) is 8.90. The number of aromatic nitrogens is 2. The number of benzene rings is 3. The molecule has 1 aromatic heterocycles. The quantitative estimate of drug-likeness (QED) is 0.0525. The van der Waals surface area contributed by atoms with Crippen molar-refractivity contribution in [1.82, 2.24) is 10.2 Å². The first-order valence-corrected chi connectivity index (χ1v) is 17.6. The van der Waals surface area contributed by atoms with Gasteiger partial charge < -0.3 is 19.3 Å². The van der Waals surface area contributed by atoms with Crippen molar-refractivity contribution >= 4 is 45.7 Å². The van der Waals surface area contributed by atoms with E-state index in [0.29, 0.717) is 63.8 Å². The van der Waals surface area contributed by atoms with Crippen molar-refractivity contribution in [3.63, 3.8) is 0 Å². The number of rotatable bonds is 12. The highest BCUT2D eigenvalue weighted by Gasteiger charge is 2.48. The highest BCUT2D eigenvalue weighted by molar-refractivity contribution is 8.00. The molecule has 2 atom stereocenters. The van der Waals surface area contributed by atoms with E-state index in [2.05, 4.69) is 24.0 Å². The van der Waals surface area contributed by atoms with Crippen LogP contribution in [-0.2, 0) is 21.8 Å². The molecule has 3 aromatic carbocycles. The molecule has 1 N–H and O–H groups in total. The minimum absolute atomic E-state index is 0.0101. The van der Waals surface area contributed by atoms with E-state index >= 15 is 0 Å². The number of aliphatic hydroxyl groups excluding tert-OH is 1. The fourth-order valence-electron chi connectivity index (χ4n) is 5.67. The Bertz CT molecular complexity index is 1880. The molecule has 3 heterocycles. The first kappa shape index (κ1) is 33.5. The SMILES string of the molecule is CCOc1cc([C@H]2/C(=C(\O)c3ccc4c(c3)C[C@H](C)O4)C(=O)C(=O)N2c2nnc(SCc3ccccc3F)s2)ccc1OCCC(C)C. The second-order valence-electron chi connectivity index (χ2n) is 12.0. The molecule has 12 heteroatoms. The van der Waals surface area contributed by atoms with Crippen LogP contribution >= 0.6 is 23.1 Å². The van der Waals surface area contributed by atoms with Crippen LogP contribution in [0.3, 0.4) is 0 Å². The number of hydrogen-bond acceptors (Lipinski definition) is 10. The molecule has 48 heavy (non-hydrogen) atoms. The predicted octanol–water partition coefficient (Wildman–Crippen LogP) is 7.74. The Balaban J connectivity index is 1.41. The normalized spacial score (nSPS) is 18.3. The average Bonchev–Trinajstić information content (AvgIpc) is 3.75. The van der Waals surface area contributed by atoms with Crippen molar-refractivity contribution in [1.29, 1.82) is 0 Å². The van der Waals surface area contributed by atoms with Gasteiger partial charge in [-0.2, -0.15) is 0 Å². The van der Waals surface area contributed by atoms with E-state index in [1.54, 1.807) is 54.6 Å². The Labute approximate surface area is 286 Å². The van der Waals surface area contributed by atoms with Gasteiger partial charge in [0.1, 0.15) is 23.4 Å². The number of ketones is 1. The summed E-state index contributed by atoms with van der Waals surface area (Å²) in [5, 5.41) is 20.4. The molecule has 0 saturated carbocycles. The molecule has 2 aliphatic heterocycles. The molecule has 0 unspecified atom stereocenters. The number of aliphatic hydroxyl groups is 1. The maximum Gasteiger partial charge on any atom is 0.301 e. The number of anilines is 1. The summed E-state index contributed by atoms with van der Waals surface area (Å²) in [6, 6.07) is 15.9. The number of thioether (sulfide) groups is 1. The second-order valence-corrected chi connectivity index (χ2v) is 14.2. The van der Waals surface area contributed by atoms with Crippen LogP contribution in [0.5, 0.6) is 17.2 Å². The molecule has 0 bridgehead atoms. The van der Waals surface area contributed by atoms with Gasteiger partial charge >= 0.3 is 5.91 Å². The zero-order valence-electron chi connectivity index (χ0n) is 27.1. The van der Waals surface area contributed by atoms with Crippen LogP contribution in [-0.4, -0.2) is 46.3 Å². The number of nitrogens with zero attached hydrogens (tertiary/aromatic N) is 3. The van der Waals surface area contributed by atoms with Gasteiger partial charge in [-0.3, -0.25) is 14.5 Å². The summed E-state index contributed by atoms with van der Waals surface area (Å²) in [4.78, 5) is 28.9. The third-order valence-electron chi connectivity index (χ3n) is 8.06. The summed E-state index contributed by atoms with van der Waals surface area (Å²) in [5.41, 5.74) is 2.24. The number of amides is 1. The van der Waals surface area contributed by atoms with Crippen molar-refractivity contribution in [2.75, 3.05) is 18.1 Å². The van der Waals surface area contributed by atoms with Gasteiger partial charge in [-0.1, -0.05) is 61.2 Å². The summed E-state index contributed by atoms with van der Waals surface area (Å²) in [6.07, 6.45) is 1.50. The number of hydrogen-bond donors (Lipinski definition) is 1. The van der Waals surface area contributed by atoms with Crippen molar-refractivity contribution < 1.29 is 33.3 Å². The summed E-state index contributed by atoms with van der Waals surface area (Å²) >= 11 is 2.39. The predicted molar refractivity (Wildman–Crippen MR) is 183 cm³/mol. The van der Waals surface area contributed by atoms with Gasteiger partial charge in [-0.05, 0) is 79.3 Å². The standard InChI is InChI=1S/C36H36FN3O6S2/c1-5-44-29-18-22(10-13-28(29)45-15-14-20(2)3)31-30(32(41)23-11-12-27-25(17-23)16-21(4)46-27)33(42)34(43)40(31)35-38-39-36(48-35)47-19-24-8-6-7-9-26(24)37/h6-13,17-18,20-21,31,41H,5,14-16,19H2,1-4H3/b32-30+/t21-,31-/m0/s1. The number of halogens is 1. The van der Waals surface area contributed by atoms with Gasteiger partial charge in [0.05, 0.1) is 24.8 Å². The molecule has 0 aliphatic carbocycles. The lowest BCUT2D eigenvalue weighted by atomic mass is 9.94. The molecular weight excluding hydrogens is 654 g/mol. The van der Waals surface area contributed by atoms with Gasteiger partial charge in [-0.15, -0.1) is 10.2 Å². The van der Waals surface area contributed by atoms with E-state index < -0.39 is 17.7 Å². The lowest BCUT2D eigenvalue weighted by Crippen LogP contribution is -2.29. The Kier molecular flexibility index (Phi) is 10.0. The molecule has 0 radical (unpaired) electrons. The molecule has 250 valence electrons. The highest BCUT2D eigenvalue weighted by Crippen LogP contribution is 2.46. The summed E-state index contributed by atoms with van der Waals surface area (Å²) in [7, 11) is 0. The second kappa shape index (κ2) is 14.4. The number of Topliss-reactive ketones (excluding diaryl/α,β-unsaturated/α-hetero) is 1. The Hall–Kier alpha value is -4.42. The molecular formula is C36H36FN3O6S2. The van der Waals surface area contributed by atoms with Gasteiger partial charge in [0.15, 0.2) is 15.8 Å². The summed E-state index contributed by atoms with van der Waals surface area (Å²) < 4.78 is 32.6. The number of ether oxygens (including phenoxy) is 3. The first-order chi connectivity index (χ1) is 23.1. The van der Waals surface area contributed by atoms with Gasteiger partial charge in [0, 0.05) is 17.7 Å². The number of fused-ring (bicyclic) bond motifs is 1. The van der Waals surface area contributed by atoms with Gasteiger partial charge in [-0.25, -0.2) is 4.39 Å². The monoisotopic (exact) mass is 689 g/mol. The van der Waals surface area contributed by atoms with E-state index in [-0.39, 0.29) is 28.4 Å². The number of carbonyl (C=O) groups is 2. The smallest absolute Gasteiger partial charge is 0.301 e. The molecule has 6 rings (SSSR count). The fourth-order valence-corrected chi connectivity index (χ4v) is 7.52. The van der Waals surface area contributed by atoms with Crippen molar-refractivity contribution in [2.24, 2.45) is 5.92 Å². The van der Waals surface area contributed by atoms with Crippen LogP contribution in [0.15, 0.2) is 70.6 Å². The topological polar surface area (TPSA) is 111 Å². The highest BCUT2D eigenvalue weighted by atomic mass is 32.2. The molecule has 1 amide bonds. The lowest BCUT2D eigenvalue weighted by Gasteiger charge is -2.24. The number of carbonyl (C=O) groups excluding carboxylic acids is 2. The van der Waals surface area contributed by atoms with Crippen LogP contribution in [0, 0.1) is 11.7 Å². The first-order valence-electron chi connectivity index (χ1n) is 15.8. The van der Waals surface area contributed by atoms with Crippen LogP contribution in [0.25, 0.3) is 5.76 Å². The third-order valence-corrected chi connectivity index (χ3v) is 10.2. The van der Waals surface area contributed by atoms with E-state index in [0.717, 1.165) is 29.1 Å². The van der Waals surface area contributed by atoms with Crippen LogP contribution in [0.4, 0.5) is 9.52 Å². The van der Waals surface area contributed by atoms with Crippen molar-refractivity contribution in [3.05, 3.63) is 94.3 Å². The van der Waals surface area contributed by atoms with Gasteiger partial charge in [0.2, 0.25) is 5.13 Å². The van der Waals surface area contributed by atoms with Gasteiger partial charge in [0.25, 0.3) is 5.78 Å². The zero-order valence-corrected chi connectivity index (χ0v) is 28.7. The Morgan fingerprint density at radius 1 is 1.10 bits per heavy atom.